The maximum atomic E-state index is 12.3. The number of aliphatic carboxylic acids is 1. The van der Waals surface area contributed by atoms with E-state index in [0.717, 1.165) is 0 Å². The molecule has 2 atom stereocenters. The summed E-state index contributed by atoms with van der Waals surface area (Å²) in [4.78, 5) is 11.4. The third kappa shape index (κ3) is 1.91. The molecule has 2 rings (SSSR count). The number of carboxylic acids is 1. The van der Waals surface area contributed by atoms with E-state index in [1.807, 2.05) is 0 Å². The molecule has 0 heterocycles. The molecule has 0 spiro atoms. The van der Waals surface area contributed by atoms with Crippen LogP contribution in [-0.2, 0) is 19.4 Å². The lowest BCUT2D eigenvalue weighted by atomic mass is 10.1. The molecule has 6 heteroatoms. The second-order valence-corrected chi connectivity index (χ2v) is 6.58. The van der Waals surface area contributed by atoms with Crippen molar-refractivity contribution in [2.75, 3.05) is 13.7 Å². The summed E-state index contributed by atoms with van der Waals surface area (Å²) in [6.07, 6.45) is 0.105. The highest BCUT2D eigenvalue weighted by Crippen LogP contribution is 2.52. The van der Waals surface area contributed by atoms with Gasteiger partial charge in [0.25, 0.3) is 0 Å². The predicted octanol–water partition coefficient (Wildman–Crippen LogP) is 0.950. The molecule has 1 N–H and O–H groups in total. The van der Waals surface area contributed by atoms with Gasteiger partial charge in [-0.05, 0) is 18.6 Å². The van der Waals surface area contributed by atoms with Gasteiger partial charge in [0.1, 0.15) is 5.41 Å². The Labute approximate surface area is 105 Å². The highest BCUT2D eigenvalue weighted by Gasteiger charge is 2.66. The third-order valence-electron chi connectivity index (χ3n) is 3.28. The summed E-state index contributed by atoms with van der Waals surface area (Å²) >= 11 is 0. The van der Waals surface area contributed by atoms with Crippen LogP contribution in [0.5, 0.6) is 0 Å². The number of hydrogen-bond donors (Lipinski definition) is 1. The predicted molar refractivity (Wildman–Crippen MR) is 64.0 cm³/mol. The second kappa shape index (κ2) is 4.37. The smallest absolute Gasteiger partial charge is 0.313 e. The van der Waals surface area contributed by atoms with Gasteiger partial charge in [-0.25, -0.2) is 8.42 Å². The monoisotopic (exact) mass is 270 g/mol. The number of methoxy groups -OCH3 is 1. The molecule has 1 aromatic rings. The van der Waals surface area contributed by atoms with Crippen LogP contribution in [-0.4, -0.2) is 38.5 Å². The number of carboxylic acid groups (broad SMARTS) is 1. The van der Waals surface area contributed by atoms with Crippen LogP contribution < -0.4 is 0 Å². The lowest BCUT2D eigenvalue weighted by Crippen LogP contribution is -2.28. The van der Waals surface area contributed by atoms with Gasteiger partial charge in [0.2, 0.25) is 0 Å². The fraction of sp³-hybridized carbons (Fsp3) is 0.417. The van der Waals surface area contributed by atoms with Crippen LogP contribution >= 0.6 is 0 Å². The van der Waals surface area contributed by atoms with E-state index in [0.29, 0.717) is 0 Å². The minimum Gasteiger partial charge on any atom is -0.481 e. The molecule has 1 aliphatic carbocycles. The van der Waals surface area contributed by atoms with Gasteiger partial charge in [0.05, 0.1) is 16.8 Å². The lowest BCUT2D eigenvalue weighted by molar-refractivity contribution is -0.145. The van der Waals surface area contributed by atoms with Crippen molar-refractivity contribution in [3.63, 3.8) is 0 Å². The molecular weight excluding hydrogens is 256 g/mol. The van der Waals surface area contributed by atoms with Gasteiger partial charge in [0.15, 0.2) is 9.84 Å². The Morgan fingerprint density at radius 3 is 2.56 bits per heavy atom. The van der Waals surface area contributed by atoms with E-state index in [4.69, 9.17) is 4.74 Å². The number of hydrogen-bond acceptors (Lipinski definition) is 4. The van der Waals surface area contributed by atoms with E-state index >= 15 is 0 Å². The molecule has 98 valence electrons. The summed E-state index contributed by atoms with van der Waals surface area (Å²) in [7, 11) is -2.23. The molecule has 0 bridgehead atoms. The summed E-state index contributed by atoms with van der Waals surface area (Å²) in [5, 5.41) is 8.27. The highest BCUT2D eigenvalue weighted by molar-refractivity contribution is 7.92. The van der Waals surface area contributed by atoms with Crippen LogP contribution in [0.3, 0.4) is 0 Å². The number of ether oxygens (including phenoxy) is 1. The van der Waals surface area contributed by atoms with Gasteiger partial charge in [-0.3, -0.25) is 4.79 Å². The van der Waals surface area contributed by atoms with E-state index in [-0.39, 0.29) is 17.9 Å². The fourth-order valence-corrected chi connectivity index (χ4v) is 4.29. The molecule has 0 aliphatic heterocycles. The molecule has 1 aromatic carbocycles. The molecule has 0 radical (unpaired) electrons. The Morgan fingerprint density at radius 2 is 2.06 bits per heavy atom. The number of benzene rings is 1. The van der Waals surface area contributed by atoms with Crippen molar-refractivity contribution < 1.29 is 23.1 Å². The largest absolute Gasteiger partial charge is 0.481 e. The quantitative estimate of drug-likeness (QED) is 0.861. The SMILES string of the molecule is COC[C@@]1(C(=O)O)C[C@@H]1S(=O)(=O)c1ccccc1. The molecule has 1 aliphatic rings. The zero-order valence-electron chi connectivity index (χ0n) is 9.87. The first-order chi connectivity index (χ1) is 8.45. The van der Waals surface area contributed by atoms with Gasteiger partial charge in [-0.15, -0.1) is 0 Å². The molecule has 0 amide bonds. The second-order valence-electron chi connectivity index (χ2n) is 4.45. The molecule has 18 heavy (non-hydrogen) atoms. The van der Waals surface area contributed by atoms with E-state index in [2.05, 4.69) is 0 Å². The van der Waals surface area contributed by atoms with Crippen molar-refractivity contribution in [1.29, 1.82) is 0 Å². The van der Waals surface area contributed by atoms with E-state index in [1.54, 1.807) is 18.2 Å². The summed E-state index contributed by atoms with van der Waals surface area (Å²) in [6.45, 7) is -0.0843. The van der Waals surface area contributed by atoms with E-state index in [1.165, 1.54) is 19.2 Å². The maximum Gasteiger partial charge on any atom is 0.313 e. The van der Waals surface area contributed by atoms with Crippen LogP contribution in [0.25, 0.3) is 0 Å². The average Bonchev–Trinajstić information content (AvgIpc) is 3.07. The normalized spacial score (nSPS) is 26.8. The van der Waals surface area contributed by atoms with Crippen LogP contribution in [0, 0.1) is 5.41 Å². The van der Waals surface area contributed by atoms with Crippen LogP contribution in [0.1, 0.15) is 6.42 Å². The van der Waals surface area contributed by atoms with Crippen LogP contribution in [0.2, 0.25) is 0 Å². The Balaban J connectivity index is 2.33. The summed E-state index contributed by atoms with van der Waals surface area (Å²) in [5.74, 6) is -1.12. The van der Waals surface area contributed by atoms with Gasteiger partial charge in [0, 0.05) is 7.11 Å². The summed E-state index contributed by atoms with van der Waals surface area (Å²) < 4.78 is 29.4. The van der Waals surface area contributed by atoms with E-state index in [9.17, 15) is 18.3 Å². The van der Waals surface area contributed by atoms with Gasteiger partial charge in [-0.1, -0.05) is 18.2 Å². The first-order valence-corrected chi connectivity index (χ1v) is 7.01. The van der Waals surface area contributed by atoms with Gasteiger partial charge < -0.3 is 9.84 Å². The lowest BCUT2D eigenvalue weighted by Gasteiger charge is -2.11. The topological polar surface area (TPSA) is 80.7 Å². The van der Waals surface area contributed by atoms with Crippen molar-refractivity contribution >= 4 is 15.8 Å². The van der Waals surface area contributed by atoms with Gasteiger partial charge in [-0.2, -0.15) is 0 Å². The number of sulfone groups is 1. The Bertz CT molecular complexity index is 551. The fourth-order valence-electron chi connectivity index (χ4n) is 2.15. The Morgan fingerprint density at radius 1 is 1.44 bits per heavy atom. The first kappa shape index (κ1) is 13.0. The number of rotatable bonds is 5. The third-order valence-corrected chi connectivity index (χ3v) is 5.58. The van der Waals surface area contributed by atoms with Crippen LogP contribution in [0.15, 0.2) is 35.2 Å². The molecule has 5 nitrogen and oxygen atoms in total. The Kier molecular flexibility index (Phi) is 3.16. The minimum absolute atomic E-state index is 0.0843. The zero-order chi connectivity index (χ0) is 13.4. The van der Waals surface area contributed by atoms with Crippen molar-refractivity contribution in [2.45, 2.75) is 16.6 Å². The number of carbonyl (C=O) groups is 1. The molecule has 1 fully saturated rings. The van der Waals surface area contributed by atoms with Gasteiger partial charge >= 0.3 is 5.97 Å². The van der Waals surface area contributed by atoms with E-state index < -0.39 is 26.5 Å². The van der Waals surface area contributed by atoms with Crippen molar-refractivity contribution in [1.82, 2.24) is 0 Å². The molecule has 0 aromatic heterocycles. The average molecular weight is 270 g/mol. The first-order valence-electron chi connectivity index (χ1n) is 5.46. The molecule has 0 saturated heterocycles. The van der Waals surface area contributed by atoms with Crippen molar-refractivity contribution in [3.05, 3.63) is 30.3 Å². The standard InChI is InChI=1S/C12H14O5S/c1-17-8-12(11(13)14)7-10(12)18(15,16)9-5-3-2-4-6-9/h2-6,10H,7-8H2,1H3,(H,13,14)/t10-,12-/m0/s1. The Hall–Kier alpha value is -1.40. The molecule has 0 unspecified atom stereocenters. The summed E-state index contributed by atoms with van der Waals surface area (Å²) in [5.41, 5.74) is -1.29. The zero-order valence-corrected chi connectivity index (χ0v) is 10.7. The molecule has 1 saturated carbocycles. The van der Waals surface area contributed by atoms with Crippen LogP contribution in [0.4, 0.5) is 0 Å². The summed E-state index contributed by atoms with van der Waals surface area (Å²) in [6, 6.07) is 7.91. The maximum absolute atomic E-state index is 12.3. The highest BCUT2D eigenvalue weighted by atomic mass is 32.2. The molecular formula is C12H14O5S. The minimum atomic E-state index is -3.60. The van der Waals surface area contributed by atoms with Crippen molar-refractivity contribution in [2.24, 2.45) is 5.41 Å². The van der Waals surface area contributed by atoms with Crippen molar-refractivity contribution in [3.8, 4) is 0 Å².